The number of methoxy groups -OCH3 is 1. The highest BCUT2D eigenvalue weighted by Gasteiger charge is 2.19. The van der Waals surface area contributed by atoms with Crippen molar-refractivity contribution >= 4 is 17.5 Å². The first-order chi connectivity index (χ1) is 9.06. The van der Waals surface area contributed by atoms with Crippen molar-refractivity contribution < 1.29 is 14.3 Å². The number of rotatable bonds is 7. The van der Waals surface area contributed by atoms with E-state index < -0.39 is 11.9 Å². The van der Waals surface area contributed by atoms with E-state index in [1.165, 1.54) is 0 Å². The Kier molecular flexibility index (Phi) is 5.66. The van der Waals surface area contributed by atoms with Gasteiger partial charge in [0.25, 0.3) is 0 Å². The topological polar surface area (TPSA) is 93.4 Å². The molecule has 0 aliphatic heterocycles. The van der Waals surface area contributed by atoms with Crippen LogP contribution in [-0.2, 0) is 9.59 Å². The molecule has 1 rings (SSSR count). The Morgan fingerprint density at radius 3 is 2.74 bits per heavy atom. The molecule has 6 nitrogen and oxygen atoms in total. The molecule has 2 amide bonds. The summed E-state index contributed by atoms with van der Waals surface area (Å²) in [6.45, 7) is 2.33. The maximum absolute atomic E-state index is 11.5. The highest BCUT2D eigenvalue weighted by molar-refractivity contribution is 5.89. The van der Waals surface area contributed by atoms with Gasteiger partial charge in [-0.25, -0.2) is 0 Å². The number of benzene rings is 1. The van der Waals surface area contributed by atoms with Crippen LogP contribution < -0.4 is 21.1 Å². The molecule has 0 aliphatic carbocycles. The summed E-state index contributed by atoms with van der Waals surface area (Å²) in [6.07, 6.45) is 0.000380. The van der Waals surface area contributed by atoms with E-state index in [9.17, 15) is 9.59 Å². The maximum Gasteiger partial charge on any atom is 0.240 e. The molecule has 0 aliphatic rings. The standard InChI is InChI=1S/C13H19N3O3/c1-3-15-12(17)8-11(13(14)18)16-9-5-4-6-10(7-9)19-2/h4-7,11,16H,3,8H2,1-2H3,(H2,14,18)(H,15,17). The molecule has 0 saturated carbocycles. The van der Waals surface area contributed by atoms with Gasteiger partial charge in [0.15, 0.2) is 0 Å². The van der Waals surface area contributed by atoms with E-state index in [4.69, 9.17) is 10.5 Å². The van der Waals surface area contributed by atoms with Gasteiger partial charge in [0.1, 0.15) is 11.8 Å². The lowest BCUT2D eigenvalue weighted by Crippen LogP contribution is -2.40. The van der Waals surface area contributed by atoms with Gasteiger partial charge in [-0.15, -0.1) is 0 Å². The van der Waals surface area contributed by atoms with Gasteiger partial charge >= 0.3 is 0 Å². The van der Waals surface area contributed by atoms with Gasteiger partial charge in [-0.3, -0.25) is 9.59 Å². The molecule has 1 atom stereocenters. The van der Waals surface area contributed by atoms with Gasteiger partial charge in [-0.2, -0.15) is 0 Å². The molecule has 1 unspecified atom stereocenters. The van der Waals surface area contributed by atoms with E-state index in [2.05, 4.69) is 10.6 Å². The Bertz CT molecular complexity index is 449. The number of ether oxygens (including phenoxy) is 1. The van der Waals surface area contributed by atoms with E-state index in [1.54, 1.807) is 31.4 Å². The van der Waals surface area contributed by atoms with Crippen molar-refractivity contribution in [2.45, 2.75) is 19.4 Å². The largest absolute Gasteiger partial charge is 0.497 e. The summed E-state index contributed by atoms with van der Waals surface area (Å²) in [5.74, 6) is -0.137. The first-order valence-corrected chi connectivity index (χ1v) is 6.03. The molecule has 0 heterocycles. The van der Waals surface area contributed by atoms with Gasteiger partial charge in [0.05, 0.1) is 13.5 Å². The van der Waals surface area contributed by atoms with Crippen molar-refractivity contribution in [1.82, 2.24) is 5.32 Å². The average molecular weight is 265 g/mol. The van der Waals surface area contributed by atoms with Crippen LogP contribution >= 0.6 is 0 Å². The van der Waals surface area contributed by atoms with Gasteiger partial charge in [0, 0.05) is 18.3 Å². The number of hydrogen-bond acceptors (Lipinski definition) is 4. The number of carbonyl (C=O) groups is 2. The molecule has 0 saturated heterocycles. The number of nitrogens with two attached hydrogens (primary N) is 1. The summed E-state index contributed by atoms with van der Waals surface area (Å²) < 4.78 is 5.08. The normalized spacial score (nSPS) is 11.5. The Morgan fingerprint density at radius 2 is 2.16 bits per heavy atom. The van der Waals surface area contributed by atoms with Gasteiger partial charge in [-0.05, 0) is 19.1 Å². The number of hydrogen-bond donors (Lipinski definition) is 3. The highest BCUT2D eigenvalue weighted by atomic mass is 16.5. The molecule has 104 valence electrons. The third kappa shape index (κ3) is 4.87. The zero-order valence-electron chi connectivity index (χ0n) is 11.1. The summed E-state index contributed by atoms with van der Waals surface area (Å²) in [6, 6.07) is 6.32. The predicted molar refractivity (Wildman–Crippen MR) is 72.9 cm³/mol. The van der Waals surface area contributed by atoms with Gasteiger partial charge in [-0.1, -0.05) is 6.07 Å². The van der Waals surface area contributed by atoms with Crippen molar-refractivity contribution in [2.24, 2.45) is 5.73 Å². The van der Waals surface area contributed by atoms with Gasteiger partial charge < -0.3 is 21.1 Å². The van der Waals surface area contributed by atoms with E-state index >= 15 is 0 Å². The minimum atomic E-state index is -0.751. The first-order valence-electron chi connectivity index (χ1n) is 6.03. The minimum Gasteiger partial charge on any atom is -0.497 e. The van der Waals surface area contributed by atoms with Crippen molar-refractivity contribution in [3.63, 3.8) is 0 Å². The molecule has 1 aromatic rings. The van der Waals surface area contributed by atoms with Crippen LogP contribution in [-0.4, -0.2) is 31.5 Å². The molecule has 4 N–H and O–H groups in total. The summed E-state index contributed by atoms with van der Waals surface area (Å²) in [4.78, 5) is 22.8. The Labute approximate surface area is 112 Å². The fourth-order valence-electron chi connectivity index (χ4n) is 1.59. The maximum atomic E-state index is 11.5. The van der Waals surface area contributed by atoms with E-state index in [0.717, 1.165) is 0 Å². The molecule has 0 bridgehead atoms. The Morgan fingerprint density at radius 1 is 1.42 bits per heavy atom. The summed E-state index contributed by atoms with van der Waals surface area (Å²) >= 11 is 0. The highest BCUT2D eigenvalue weighted by Crippen LogP contribution is 2.18. The molecule has 19 heavy (non-hydrogen) atoms. The lowest BCUT2D eigenvalue weighted by atomic mass is 10.1. The third-order valence-corrected chi connectivity index (χ3v) is 2.52. The molecule has 0 spiro atoms. The summed E-state index contributed by atoms with van der Waals surface area (Å²) in [5.41, 5.74) is 5.96. The predicted octanol–water partition coefficient (Wildman–Crippen LogP) is 0.487. The summed E-state index contributed by atoms with van der Waals surface area (Å²) in [5, 5.41) is 5.55. The average Bonchev–Trinajstić information content (AvgIpc) is 2.38. The van der Waals surface area contributed by atoms with Gasteiger partial charge in [0.2, 0.25) is 11.8 Å². The minimum absolute atomic E-state index is 0.000380. The molecular weight excluding hydrogens is 246 g/mol. The quantitative estimate of drug-likeness (QED) is 0.668. The van der Waals surface area contributed by atoms with Crippen molar-refractivity contribution in [1.29, 1.82) is 0 Å². The monoisotopic (exact) mass is 265 g/mol. The number of primary amides is 1. The second kappa shape index (κ2) is 7.25. The van der Waals surface area contributed by atoms with E-state index in [-0.39, 0.29) is 12.3 Å². The van der Waals surface area contributed by atoms with Crippen LogP contribution in [0.25, 0.3) is 0 Å². The lowest BCUT2D eigenvalue weighted by Gasteiger charge is -2.16. The Hall–Kier alpha value is -2.24. The molecular formula is C13H19N3O3. The number of carbonyl (C=O) groups excluding carboxylic acids is 2. The fraction of sp³-hybridized carbons (Fsp3) is 0.385. The molecule has 0 aromatic heterocycles. The zero-order valence-corrected chi connectivity index (χ0v) is 11.1. The second-order valence-electron chi connectivity index (χ2n) is 3.99. The third-order valence-electron chi connectivity index (χ3n) is 2.52. The lowest BCUT2D eigenvalue weighted by molar-refractivity contribution is -0.125. The van der Waals surface area contributed by atoms with Crippen LogP contribution in [0.2, 0.25) is 0 Å². The molecule has 6 heteroatoms. The van der Waals surface area contributed by atoms with Crippen LogP contribution in [0.1, 0.15) is 13.3 Å². The van der Waals surface area contributed by atoms with Crippen molar-refractivity contribution in [3.05, 3.63) is 24.3 Å². The summed E-state index contributed by atoms with van der Waals surface area (Å²) in [7, 11) is 1.55. The van der Waals surface area contributed by atoms with Crippen LogP contribution in [0, 0.1) is 0 Å². The molecule has 0 radical (unpaired) electrons. The smallest absolute Gasteiger partial charge is 0.240 e. The number of anilines is 1. The van der Waals surface area contributed by atoms with E-state index in [0.29, 0.717) is 18.0 Å². The second-order valence-corrected chi connectivity index (χ2v) is 3.99. The van der Waals surface area contributed by atoms with Crippen LogP contribution in [0.15, 0.2) is 24.3 Å². The Balaban J connectivity index is 2.72. The zero-order chi connectivity index (χ0) is 14.3. The van der Waals surface area contributed by atoms with Crippen LogP contribution in [0.3, 0.4) is 0 Å². The van der Waals surface area contributed by atoms with Crippen molar-refractivity contribution in [3.8, 4) is 5.75 Å². The first kappa shape index (κ1) is 14.8. The molecule has 0 fully saturated rings. The van der Waals surface area contributed by atoms with Crippen LogP contribution in [0.4, 0.5) is 5.69 Å². The SMILES string of the molecule is CCNC(=O)CC(Nc1cccc(OC)c1)C(N)=O. The number of amides is 2. The number of nitrogens with one attached hydrogen (secondary N) is 2. The van der Waals surface area contributed by atoms with Crippen LogP contribution in [0.5, 0.6) is 5.75 Å². The van der Waals surface area contributed by atoms with E-state index in [1.807, 2.05) is 6.92 Å². The molecule has 1 aromatic carbocycles. The fourth-order valence-corrected chi connectivity index (χ4v) is 1.59. The van der Waals surface area contributed by atoms with Crippen molar-refractivity contribution in [2.75, 3.05) is 19.0 Å².